The van der Waals surface area contributed by atoms with Crippen molar-refractivity contribution in [3.05, 3.63) is 24.3 Å². The van der Waals surface area contributed by atoms with Crippen molar-refractivity contribution in [1.82, 2.24) is 4.31 Å². The number of nitrogens with one attached hydrogen (secondary N) is 1. The van der Waals surface area contributed by atoms with Gasteiger partial charge in [-0.2, -0.15) is 4.31 Å². The predicted octanol–water partition coefficient (Wildman–Crippen LogP) is 2.54. The number of anilines is 1. The van der Waals surface area contributed by atoms with Crippen LogP contribution in [0.4, 0.5) is 5.69 Å². The lowest BCUT2D eigenvalue weighted by atomic mass is 10.2. The van der Waals surface area contributed by atoms with Crippen LogP contribution in [0.3, 0.4) is 0 Å². The Labute approximate surface area is 115 Å². The Balaban J connectivity index is 2.29. The molecule has 0 aliphatic carbocycles. The van der Waals surface area contributed by atoms with E-state index in [0.717, 1.165) is 19.4 Å². The van der Waals surface area contributed by atoms with Crippen LogP contribution in [0.15, 0.2) is 29.2 Å². The van der Waals surface area contributed by atoms with Gasteiger partial charge in [0, 0.05) is 19.6 Å². The second-order valence-corrected chi connectivity index (χ2v) is 7.09. The van der Waals surface area contributed by atoms with E-state index in [1.165, 1.54) is 0 Å². The van der Waals surface area contributed by atoms with Crippen LogP contribution in [-0.4, -0.2) is 32.4 Å². The molecule has 4 nitrogen and oxygen atoms in total. The molecule has 1 N–H and O–H groups in total. The zero-order valence-electron chi connectivity index (χ0n) is 11.6. The molecule has 0 radical (unpaired) electrons. The lowest BCUT2D eigenvalue weighted by molar-refractivity contribution is 0.464. The van der Waals surface area contributed by atoms with Gasteiger partial charge >= 0.3 is 0 Å². The highest BCUT2D eigenvalue weighted by molar-refractivity contribution is 7.89. The molecule has 0 amide bonds. The van der Waals surface area contributed by atoms with Gasteiger partial charge in [0.05, 0.1) is 5.69 Å². The topological polar surface area (TPSA) is 49.4 Å². The summed E-state index contributed by atoms with van der Waals surface area (Å²) in [5.41, 5.74) is 0.712. The van der Waals surface area contributed by atoms with Gasteiger partial charge in [0.2, 0.25) is 10.0 Å². The van der Waals surface area contributed by atoms with Gasteiger partial charge in [0.25, 0.3) is 0 Å². The van der Waals surface area contributed by atoms with E-state index < -0.39 is 10.0 Å². The highest BCUT2D eigenvalue weighted by Gasteiger charge is 2.31. The molecule has 1 unspecified atom stereocenters. The van der Waals surface area contributed by atoms with E-state index in [2.05, 4.69) is 19.2 Å². The van der Waals surface area contributed by atoms with Gasteiger partial charge in [-0.15, -0.1) is 0 Å². The van der Waals surface area contributed by atoms with Gasteiger partial charge < -0.3 is 5.32 Å². The third-order valence-corrected chi connectivity index (χ3v) is 5.38. The first-order valence-electron chi connectivity index (χ1n) is 6.88. The van der Waals surface area contributed by atoms with Crippen molar-refractivity contribution >= 4 is 15.7 Å². The number of para-hydroxylation sites is 1. The number of benzene rings is 1. The summed E-state index contributed by atoms with van der Waals surface area (Å²) in [6.45, 7) is 6.20. The predicted molar refractivity (Wildman–Crippen MR) is 77.8 cm³/mol. The normalized spacial score (nSPS) is 20.6. The van der Waals surface area contributed by atoms with Crippen molar-refractivity contribution in [3.63, 3.8) is 0 Å². The van der Waals surface area contributed by atoms with Crippen molar-refractivity contribution in [2.24, 2.45) is 5.92 Å². The van der Waals surface area contributed by atoms with E-state index in [0.29, 0.717) is 29.6 Å². The number of nitrogens with zero attached hydrogens (tertiary/aromatic N) is 1. The molecule has 5 heteroatoms. The van der Waals surface area contributed by atoms with Crippen LogP contribution in [0.1, 0.15) is 26.7 Å². The summed E-state index contributed by atoms with van der Waals surface area (Å²) in [6.07, 6.45) is 1.92. The Hall–Kier alpha value is -1.07. The minimum atomic E-state index is -3.36. The summed E-state index contributed by atoms with van der Waals surface area (Å²) in [6, 6.07) is 7.17. The molecule has 1 atom stereocenters. The molecule has 19 heavy (non-hydrogen) atoms. The van der Waals surface area contributed by atoms with Crippen LogP contribution in [0.2, 0.25) is 0 Å². The van der Waals surface area contributed by atoms with Crippen molar-refractivity contribution in [1.29, 1.82) is 0 Å². The quantitative estimate of drug-likeness (QED) is 0.903. The molecular weight excluding hydrogens is 260 g/mol. The van der Waals surface area contributed by atoms with Gasteiger partial charge in [-0.25, -0.2) is 8.42 Å². The number of hydrogen-bond donors (Lipinski definition) is 1. The van der Waals surface area contributed by atoms with Crippen LogP contribution >= 0.6 is 0 Å². The molecule has 1 fully saturated rings. The SMILES string of the molecule is CCCNc1ccccc1S(=O)(=O)N1CCC(C)C1. The minimum absolute atomic E-state index is 0.401. The second-order valence-electron chi connectivity index (χ2n) is 5.18. The molecule has 0 aromatic heterocycles. The molecule has 1 heterocycles. The fourth-order valence-corrected chi connectivity index (χ4v) is 4.09. The van der Waals surface area contributed by atoms with Crippen LogP contribution in [0.25, 0.3) is 0 Å². The summed E-state index contributed by atoms with van der Waals surface area (Å²) in [4.78, 5) is 0.401. The minimum Gasteiger partial charge on any atom is -0.384 e. The van der Waals surface area contributed by atoms with E-state index in [4.69, 9.17) is 0 Å². The van der Waals surface area contributed by atoms with Crippen molar-refractivity contribution in [3.8, 4) is 0 Å². The Bertz CT molecular complexity index is 528. The second kappa shape index (κ2) is 5.92. The largest absolute Gasteiger partial charge is 0.384 e. The first-order valence-corrected chi connectivity index (χ1v) is 8.32. The monoisotopic (exact) mass is 282 g/mol. The summed E-state index contributed by atoms with van der Waals surface area (Å²) >= 11 is 0. The highest BCUT2D eigenvalue weighted by Crippen LogP contribution is 2.28. The van der Waals surface area contributed by atoms with Crippen molar-refractivity contribution in [2.45, 2.75) is 31.6 Å². The fourth-order valence-electron chi connectivity index (χ4n) is 2.35. The maximum Gasteiger partial charge on any atom is 0.245 e. The fraction of sp³-hybridized carbons (Fsp3) is 0.571. The zero-order valence-corrected chi connectivity index (χ0v) is 12.4. The molecule has 1 aliphatic rings. The van der Waals surface area contributed by atoms with E-state index >= 15 is 0 Å². The van der Waals surface area contributed by atoms with Gasteiger partial charge in [0.15, 0.2) is 0 Å². The van der Waals surface area contributed by atoms with Crippen LogP contribution in [0.5, 0.6) is 0 Å². The molecule has 0 bridgehead atoms. The smallest absolute Gasteiger partial charge is 0.245 e. The van der Waals surface area contributed by atoms with Gasteiger partial charge in [-0.3, -0.25) is 0 Å². The summed E-state index contributed by atoms with van der Waals surface area (Å²) in [5, 5.41) is 3.20. The number of rotatable bonds is 5. The van der Waals surface area contributed by atoms with Gasteiger partial charge in [0.1, 0.15) is 4.90 Å². The summed E-state index contributed by atoms with van der Waals surface area (Å²) in [7, 11) is -3.36. The van der Waals surface area contributed by atoms with E-state index in [1.807, 2.05) is 12.1 Å². The molecule has 2 rings (SSSR count). The average Bonchev–Trinajstić information content (AvgIpc) is 2.84. The Morgan fingerprint density at radius 3 is 2.74 bits per heavy atom. The lowest BCUT2D eigenvalue weighted by Crippen LogP contribution is -2.29. The van der Waals surface area contributed by atoms with Crippen molar-refractivity contribution < 1.29 is 8.42 Å². The Kier molecular flexibility index (Phi) is 4.47. The van der Waals surface area contributed by atoms with E-state index in [-0.39, 0.29) is 0 Å². The third kappa shape index (κ3) is 3.09. The van der Waals surface area contributed by atoms with Crippen molar-refractivity contribution in [2.75, 3.05) is 25.0 Å². The molecule has 106 valence electrons. The maximum absolute atomic E-state index is 12.6. The first kappa shape index (κ1) is 14.3. The summed E-state index contributed by atoms with van der Waals surface area (Å²) in [5.74, 6) is 0.450. The standard InChI is InChI=1S/C14H22N2O2S/c1-3-9-15-13-6-4-5-7-14(13)19(17,18)16-10-8-12(2)11-16/h4-7,12,15H,3,8-11H2,1-2H3. The number of hydrogen-bond acceptors (Lipinski definition) is 3. The van der Waals surface area contributed by atoms with Gasteiger partial charge in [-0.05, 0) is 30.9 Å². The third-order valence-electron chi connectivity index (χ3n) is 3.46. The average molecular weight is 282 g/mol. The molecular formula is C14H22N2O2S. The first-order chi connectivity index (χ1) is 9.05. The lowest BCUT2D eigenvalue weighted by Gasteiger charge is -2.19. The maximum atomic E-state index is 12.6. The number of sulfonamides is 1. The van der Waals surface area contributed by atoms with Crippen LogP contribution < -0.4 is 5.32 Å². The molecule has 1 aromatic rings. The molecule has 1 aromatic carbocycles. The molecule has 0 saturated carbocycles. The van der Waals surface area contributed by atoms with Crippen LogP contribution in [0, 0.1) is 5.92 Å². The Morgan fingerprint density at radius 1 is 1.37 bits per heavy atom. The van der Waals surface area contributed by atoms with E-state index in [1.54, 1.807) is 16.4 Å². The molecule has 0 spiro atoms. The molecule has 1 aliphatic heterocycles. The summed E-state index contributed by atoms with van der Waals surface area (Å²) < 4.78 is 26.9. The van der Waals surface area contributed by atoms with Gasteiger partial charge in [-0.1, -0.05) is 26.0 Å². The van der Waals surface area contributed by atoms with E-state index in [9.17, 15) is 8.42 Å². The van der Waals surface area contributed by atoms with Crippen LogP contribution in [-0.2, 0) is 10.0 Å². The highest BCUT2D eigenvalue weighted by atomic mass is 32.2. The Morgan fingerprint density at radius 2 is 2.11 bits per heavy atom. The molecule has 1 saturated heterocycles. The zero-order chi connectivity index (χ0) is 13.9.